The van der Waals surface area contributed by atoms with Gasteiger partial charge in [0.2, 0.25) is 10.0 Å². The fraction of sp³-hybridized carbons (Fsp3) is 0.455. The van der Waals surface area contributed by atoms with Gasteiger partial charge in [-0.15, -0.1) is 0 Å². The molecule has 0 radical (unpaired) electrons. The summed E-state index contributed by atoms with van der Waals surface area (Å²) in [5.41, 5.74) is 2.44. The number of nitrogens with one attached hydrogen (secondary N) is 1. The van der Waals surface area contributed by atoms with Gasteiger partial charge in [-0.2, -0.15) is 9.40 Å². The van der Waals surface area contributed by atoms with Crippen LogP contribution in [0.25, 0.3) is 11.1 Å². The van der Waals surface area contributed by atoms with E-state index in [0.29, 0.717) is 24.6 Å². The van der Waals surface area contributed by atoms with Crippen molar-refractivity contribution in [2.45, 2.75) is 37.1 Å². The van der Waals surface area contributed by atoms with Crippen LogP contribution in [0.3, 0.4) is 0 Å². The van der Waals surface area contributed by atoms with Crippen molar-refractivity contribution in [3.63, 3.8) is 0 Å². The maximum Gasteiger partial charge on any atom is 0.333 e. The van der Waals surface area contributed by atoms with Gasteiger partial charge < -0.3 is 10.1 Å². The molecule has 1 aromatic heterocycles. The zero-order valence-corrected chi connectivity index (χ0v) is 18.5. The third kappa shape index (κ3) is 4.73. The Balaban J connectivity index is 1.45. The maximum atomic E-state index is 13.0. The van der Waals surface area contributed by atoms with Crippen molar-refractivity contribution in [2.75, 3.05) is 32.8 Å². The van der Waals surface area contributed by atoms with Crippen LogP contribution in [-0.2, 0) is 19.6 Å². The predicted octanol–water partition coefficient (Wildman–Crippen LogP) is 2.36. The number of hydrogen-bond acceptors (Lipinski definition) is 6. The lowest BCUT2D eigenvalue weighted by Crippen LogP contribution is -2.36. The molecule has 0 saturated carbocycles. The van der Waals surface area contributed by atoms with Crippen LogP contribution in [0.4, 0.5) is 0 Å². The zero-order valence-electron chi connectivity index (χ0n) is 17.7. The van der Waals surface area contributed by atoms with E-state index < -0.39 is 10.0 Å². The number of rotatable bonds is 6. The van der Waals surface area contributed by atoms with Crippen molar-refractivity contribution in [3.05, 3.63) is 48.3 Å². The Morgan fingerprint density at radius 1 is 1.19 bits per heavy atom. The molecule has 1 aromatic carbocycles. The van der Waals surface area contributed by atoms with E-state index in [1.165, 1.54) is 4.31 Å². The molecule has 8 nitrogen and oxygen atoms in total. The Morgan fingerprint density at radius 2 is 1.94 bits per heavy atom. The van der Waals surface area contributed by atoms with Crippen LogP contribution >= 0.6 is 0 Å². The van der Waals surface area contributed by atoms with Gasteiger partial charge in [0.15, 0.2) is 0 Å². The molecule has 1 saturated heterocycles. The SMILES string of the molecule is CCOC(=O)C1=CCN(S(=O)(=O)c2ccc(-c3cnn(C4CCNCC4)c3)cc2)CC1. The second-order valence-corrected chi connectivity index (χ2v) is 9.72. The summed E-state index contributed by atoms with van der Waals surface area (Å²) in [6.07, 6.45) is 7.97. The highest BCUT2D eigenvalue weighted by Crippen LogP contribution is 2.26. The first-order valence-electron chi connectivity index (χ1n) is 10.7. The van der Waals surface area contributed by atoms with Crippen LogP contribution in [0, 0.1) is 0 Å². The maximum absolute atomic E-state index is 13.0. The van der Waals surface area contributed by atoms with Crippen LogP contribution in [-0.4, -0.2) is 61.3 Å². The molecule has 2 aromatic rings. The molecule has 2 aliphatic heterocycles. The van der Waals surface area contributed by atoms with Gasteiger partial charge in [-0.25, -0.2) is 13.2 Å². The summed E-state index contributed by atoms with van der Waals surface area (Å²) >= 11 is 0. The Labute approximate surface area is 182 Å². The Morgan fingerprint density at radius 3 is 2.58 bits per heavy atom. The average Bonchev–Trinajstić information content (AvgIpc) is 3.30. The molecule has 1 fully saturated rings. The normalized spacial score (nSPS) is 18.5. The third-order valence-corrected chi connectivity index (χ3v) is 7.70. The van der Waals surface area contributed by atoms with Gasteiger partial charge in [-0.3, -0.25) is 4.68 Å². The Kier molecular flexibility index (Phi) is 6.54. The zero-order chi connectivity index (χ0) is 21.8. The molecule has 1 N–H and O–H groups in total. The number of nitrogens with zero attached hydrogens (tertiary/aromatic N) is 3. The van der Waals surface area contributed by atoms with E-state index in [0.717, 1.165) is 37.1 Å². The van der Waals surface area contributed by atoms with Gasteiger partial charge >= 0.3 is 5.97 Å². The van der Waals surface area contributed by atoms with Gasteiger partial charge in [0.05, 0.1) is 23.7 Å². The minimum Gasteiger partial charge on any atom is -0.463 e. The van der Waals surface area contributed by atoms with Crippen molar-refractivity contribution in [1.29, 1.82) is 0 Å². The van der Waals surface area contributed by atoms with E-state index in [-0.39, 0.29) is 24.0 Å². The Bertz CT molecular complexity index is 1050. The molecule has 9 heteroatoms. The fourth-order valence-electron chi connectivity index (χ4n) is 4.00. The van der Waals surface area contributed by atoms with E-state index in [9.17, 15) is 13.2 Å². The molecule has 31 heavy (non-hydrogen) atoms. The fourth-order valence-corrected chi connectivity index (χ4v) is 5.39. The minimum absolute atomic E-state index is 0.168. The summed E-state index contributed by atoms with van der Waals surface area (Å²) < 4.78 is 34.4. The number of ether oxygens (including phenoxy) is 1. The highest BCUT2D eigenvalue weighted by molar-refractivity contribution is 7.89. The number of carbonyl (C=O) groups excluding carboxylic acids is 1. The minimum atomic E-state index is -3.63. The first-order chi connectivity index (χ1) is 15.0. The van der Waals surface area contributed by atoms with Gasteiger partial charge in [-0.1, -0.05) is 18.2 Å². The van der Waals surface area contributed by atoms with E-state index in [2.05, 4.69) is 10.4 Å². The van der Waals surface area contributed by atoms with Gasteiger partial charge in [-0.05, 0) is 57.0 Å². The summed E-state index contributed by atoms with van der Waals surface area (Å²) in [5.74, 6) is -0.367. The number of aromatic nitrogens is 2. The molecule has 0 atom stereocenters. The summed E-state index contributed by atoms with van der Waals surface area (Å²) in [6, 6.07) is 7.32. The quantitative estimate of drug-likeness (QED) is 0.688. The largest absolute Gasteiger partial charge is 0.463 e. The topological polar surface area (TPSA) is 93.5 Å². The van der Waals surface area contributed by atoms with Gasteiger partial charge in [0.1, 0.15) is 0 Å². The second kappa shape index (κ2) is 9.33. The first-order valence-corrected chi connectivity index (χ1v) is 12.1. The first kappa shape index (κ1) is 21.7. The standard InChI is InChI=1S/C22H28N4O4S/c1-2-30-22(27)18-9-13-25(14-10-18)31(28,29)21-5-3-17(4-6-21)19-15-24-26(16-19)20-7-11-23-12-8-20/h3-6,9,15-16,20,23H,2,7-8,10-14H2,1H3. The lowest BCUT2D eigenvalue weighted by Gasteiger charge is -2.25. The summed E-state index contributed by atoms with van der Waals surface area (Å²) in [4.78, 5) is 12.1. The number of hydrogen-bond donors (Lipinski definition) is 1. The van der Waals surface area contributed by atoms with Crippen molar-refractivity contribution in [3.8, 4) is 11.1 Å². The lowest BCUT2D eigenvalue weighted by molar-refractivity contribution is -0.138. The highest BCUT2D eigenvalue weighted by Gasteiger charge is 2.28. The molecule has 3 heterocycles. The molecule has 0 unspecified atom stereocenters. The summed E-state index contributed by atoms with van der Waals surface area (Å²) in [7, 11) is -3.63. The van der Waals surface area contributed by atoms with Crippen LogP contribution in [0.1, 0.15) is 32.2 Å². The Hall–Kier alpha value is -2.49. The van der Waals surface area contributed by atoms with Crippen LogP contribution in [0.2, 0.25) is 0 Å². The van der Waals surface area contributed by atoms with E-state index in [1.54, 1.807) is 25.1 Å². The number of carbonyl (C=O) groups is 1. The molecule has 0 aliphatic carbocycles. The van der Waals surface area contributed by atoms with Crippen molar-refractivity contribution >= 4 is 16.0 Å². The lowest BCUT2D eigenvalue weighted by atomic mass is 10.1. The summed E-state index contributed by atoms with van der Waals surface area (Å²) in [5, 5.41) is 7.87. The third-order valence-electron chi connectivity index (χ3n) is 5.82. The molecule has 0 spiro atoms. The average molecular weight is 445 g/mol. The molecule has 0 amide bonds. The molecule has 166 valence electrons. The van der Waals surface area contributed by atoms with Crippen molar-refractivity contribution in [1.82, 2.24) is 19.4 Å². The van der Waals surface area contributed by atoms with Gasteiger partial charge in [0.25, 0.3) is 0 Å². The number of esters is 1. The highest BCUT2D eigenvalue weighted by atomic mass is 32.2. The van der Waals surface area contributed by atoms with Crippen LogP contribution in [0.15, 0.2) is 53.2 Å². The molecule has 4 rings (SSSR count). The predicted molar refractivity (Wildman–Crippen MR) is 117 cm³/mol. The van der Waals surface area contributed by atoms with Crippen molar-refractivity contribution in [2.24, 2.45) is 0 Å². The number of piperidine rings is 1. The van der Waals surface area contributed by atoms with E-state index >= 15 is 0 Å². The van der Waals surface area contributed by atoms with Gasteiger partial charge in [0, 0.05) is 30.4 Å². The van der Waals surface area contributed by atoms with E-state index in [1.807, 2.05) is 29.2 Å². The molecular formula is C22H28N4O4S. The van der Waals surface area contributed by atoms with E-state index in [4.69, 9.17) is 4.74 Å². The number of benzene rings is 1. The molecule has 0 bridgehead atoms. The molecule has 2 aliphatic rings. The molecular weight excluding hydrogens is 416 g/mol. The number of sulfonamides is 1. The van der Waals surface area contributed by atoms with Crippen LogP contribution in [0.5, 0.6) is 0 Å². The summed E-state index contributed by atoms with van der Waals surface area (Å²) in [6.45, 7) is 4.49. The van der Waals surface area contributed by atoms with Crippen molar-refractivity contribution < 1.29 is 17.9 Å². The second-order valence-electron chi connectivity index (χ2n) is 7.78. The monoisotopic (exact) mass is 444 g/mol. The van der Waals surface area contributed by atoms with Crippen LogP contribution < -0.4 is 5.32 Å². The smallest absolute Gasteiger partial charge is 0.333 e.